The number of carbonyl (C=O) groups is 2. The minimum Gasteiger partial charge on any atom is -0.495 e. The van der Waals surface area contributed by atoms with Crippen LogP contribution in [0.2, 0.25) is 0 Å². The number of amides is 2. The summed E-state index contributed by atoms with van der Waals surface area (Å²) >= 11 is 0. The molecule has 1 aromatic rings. The predicted octanol–water partition coefficient (Wildman–Crippen LogP) is 0.485. The molecule has 2 amide bonds. The molecule has 0 aliphatic heterocycles. The number of nitrogens with two attached hydrogens (primary N) is 1. The maximum atomic E-state index is 12.2. The second kappa shape index (κ2) is 6.63. The lowest BCUT2D eigenvalue weighted by Gasteiger charge is -2.20. The molecular formula is C13H19N3O3. The second-order valence-corrected chi connectivity index (χ2v) is 3.95. The molecule has 6 heteroatoms. The van der Waals surface area contributed by atoms with Crippen LogP contribution < -0.4 is 15.8 Å². The van der Waals surface area contributed by atoms with Crippen molar-refractivity contribution < 1.29 is 14.3 Å². The fourth-order valence-electron chi connectivity index (χ4n) is 1.63. The van der Waals surface area contributed by atoms with E-state index in [0.29, 0.717) is 23.5 Å². The maximum Gasteiger partial charge on any atom is 0.254 e. The molecule has 0 aliphatic rings. The summed E-state index contributed by atoms with van der Waals surface area (Å²) in [6.07, 6.45) is 0. The molecule has 0 bridgehead atoms. The van der Waals surface area contributed by atoms with Gasteiger partial charge in [0.05, 0.1) is 19.3 Å². The van der Waals surface area contributed by atoms with E-state index in [0.717, 1.165) is 0 Å². The largest absolute Gasteiger partial charge is 0.495 e. The smallest absolute Gasteiger partial charge is 0.254 e. The third-order valence-corrected chi connectivity index (χ3v) is 2.76. The van der Waals surface area contributed by atoms with Gasteiger partial charge in [0.1, 0.15) is 5.75 Å². The number of ether oxygens (including phenoxy) is 1. The van der Waals surface area contributed by atoms with Crippen molar-refractivity contribution in [3.63, 3.8) is 0 Å². The summed E-state index contributed by atoms with van der Waals surface area (Å²) in [5.74, 6) is 0.0723. The van der Waals surface area contributed by atoms with Crippen molar-refractivity contribution in [1.29, 1.82) is 0 Å². The van der Waals surface area contributed by atoms with E-state index in [1.165, 1.54) is 19.1 Å². The van der Waals surface area contributed by atoms with Gasteiger partial charge in [-0.25, -0.2) is 0 Å². The van der Waals surface area contributed by atoms with Crippen molar-refractivity contribution in [3.8, 4) is 5.75 Å². The van der Waals surface area contributed by atoms with Crippen molar-refractivity contribution in [2.75, 3.05) is 33.0 Å². The third kappa shape index (κ3) is 3.61. The Hall–Kier alpha value is -2.24. The predicted molar refractivity (Wildman–Crippen MR) is 73.1 cm³/mol. The molecule has 104 valence electrons. The standard InChI is InChI=1S/C13H19N3O3/c1-4-16(8-12(17)15-2)13(18)9-5-6-11(19-3)10(14)7-9/h5-7H,4,8,14H2,1-3H3,(H,15,17). The van der Waals surface area contributed by atoms with Gasteiger partial charge in [-0.15, -0.1) is 0 Å². The van der Waals surface area contributed by atoms with Crippen LogP contribution in [-0.2, 0) is 4.79 Å². The minimum atomic E-state index is -0.236. The van der Waals surface area contributed by atoms with Crippen LogP contribution in [0.25, 0.3) is 0 Å². The summed E-state index contributed by atoms with van der Waals surface area (Å²) in [6, 6.07) is 4.81. The molecule has 0 radical (unpaired) electrons. The monoisotopic (exact) mass is 265 g/mol. The van der Waals surface area contributed by atoms with Gasteiger partial charge in [-0.1, -0.05) is 0 Å². The van der Waals surface area contributed by atoms with E-state index >= 15 is 0 Å². The topological polar surface area (TPSA) is 84.7 Å². The van der Waals surface area contributed by atoms with Gasteiger partial charge < -0.3 is 20.7 Å². The van der Waals surface area contributed by atoms with E-state index in [1.54, 1.807) is 18.2 Å². The maximum absolute atomic E-state index is 12.2. The molecule has 0 aliphatic carbocycles. The Morgan fingerprint density at radius 2 is 2.11 bits per heavy atom. The lowest BCUT2D eigenvalue weighted by atomic mass is 10.1. The molecule has 0 heterocycles. The molecule has 0 aromatic heterocycles. The number of likely N-dealkylation sites (N-methyl/N-ethyl adjacent to an activating group) is 2. The van der Waals surface area contributed by atoms with Crippen LogP contribution in [0.15, 0.2) is 18.2 Å². The number of hydrogen-bond acceptors (Lipinski definition) is 4. The summed E-state index contributed by atoms with van der Waals surface area (Å²) in [6.45, 7) is 2.28. The number of methoxy groups -OCH3 is 1. The Morgan fingerprint density at radius 1 is 1.42 bits per heavy atom. The van der Waals surface area contributed by atoms with E-state index in [2.05, 4.69) is 5.32 Å². The van der Waals surface area contributed by atoms with E-state index in [1.807, 2.05) is 6.92 Å². The molecule has 0 atom stereocenters. The second-order valence-electron chi connectivity index (χ2n) is 3.95. The van der Waals surface area contributed by atoms with Crippen molar-refractivity contribution in [2.24, 2.45) is 0 Å². The average Bonchev–Trinajstić information content (AvgIpc) is 2.43. The average molecular weight is 265 g/mol. The van der Waals surface area contributed by atoms with Crippen LogP contribution in [0.1, 0.15) is 17.3 Å². The van der Waals surface area contributed by atoms with E-state index in [4.69, 9.17) is 10.5 Å². The molecule has 1 aromatic carbocycles. The van der Waals surface area contributed by atoms with Gasteiger partial charge in [0, 0.05) is 19.2 Å². The molecule has 0 saturated heterocycles. The van der Waals surface area contributed by atoms with E-state index < -0.39 is 0 Å². The van der Waals surface area contributed by atoms with Crippen LogP contribution >= 0.6 is 0 Å². The highest BCUT2D eigenvalue weighted by Crippen LogP contribution is 2.22. The zero-order valence-corrected chi connectivity index (χ0v) is 11.4. The summed E-state index contributed by atoms with van der Waals surface area (Å²) in [7, 11) is 3.04. The third-order valence-electron chi connectivity index (χ3n) is 2.76. The summed E-state index contributed by atoms with van der Waals surface area (Å²) in [5, 5.41) is 2.49. The van der Waals surface area contributed by atoms with Crippen LogP contribution in [0.4, 0.5) is 5.69 Å². The Balaban J connectivity index is 2.91. The highest BCUT2D eigenvalue weighted by molar-refractivity contribution is 5.97. The first kappa shape index (κ1) is 14.8. The molecule has 6 nitrogen and oxygen atoms in total. The summed E-state index contributed by atoms with van der Waals surface area (Å²) in [5.41, 5.74) is 6.59. The molecular weight excluding hydrogens is 246 g/mol. The molecule has 0 saturated carbocycles. The highest BCUT2D eigenvalue weighted by atomic mass is 16.5. The molecule has 3 N–H and O–H groups in total. The molecule has 0 fully saturated rings. The fraction of sp³-hybridized carbons (Fsp3) is 0.385. The van der Waals surface area contributed by atoms with Gasteiger partial charge in [0.2, 0.25) is 5.91 Å². The van der Waals surface area contributed by atoms with Gasteiger partial charge in [0.15, 0.2) is 0 Å². The summed E-state index contributed by atoms with van der Waals surface area (Å²) in [4.78, 5) is 25.0. The normalized spacial score (nSPS) is 9.84. The van der Waals surface area contributed by atoms with E-state index in [9.17, 15) is 9.59 Å². The number of nitrogens with one attached hydrogen (secondary N) is 1. The van der Waals surface area contributed by atoms with Gasteiger partial charge in [0.25, 0.3) is 5.91 Å². The van der Waals surface area contributed by atoms with E-state index in [-0.39, 0.29) is 18.4 Å². The SMILES string of the molecule is CCN(CC(=O)NC)C(=O)c1ccc(OC)c(N)c1. The minimum absolute atomic E-state index is 0.0256. The summed E-state index contributed by atoms with van der Waals surface area (Å²) < 4.78 is 5.03. The zero-order valence-electron chi connectivity index (χ0n) is 11.4. The van der Waals surface area contributed by atoms with Crippen molar-refractivity contribution in [1.82, 2.24) is 10.2 Å². The van der Waals surface area contributed by atoms with Crippen molar-refractivity contribution in [3.05, 3.63) is 23.8 Å². The molecule has 0 unspecified atom stereocenters. The molecule has 0 spiro atoms. The number of anilines is 1. The Kier molecular flexibility index (Phi) is 5.17. The number of benzene rings is 1. The molecule has 19 heavy (non-hydrogen) atoms. The van der Waals surface area contributed by atoms with Gasteiger partial charge in [-0.2, -0.15) is 0 Å². The zero-order chi connectivity index (χ0) is 14.4. The number of nitrogens with zero attached hydrogens (tertiary/aromatic N) is 1. The Morgan fingerprint density at radius 3 is 2.58 bits per heavy atom. The van der Waals surface area contributed by atoms with Gasteiger partial charge in [-0.3, -0.25) is 9.59 Å². The Bertz CT molecular complexity index is 474. The number of hydrogen-bond donors (Lipinski definition) is 2. The first-order valence-electron chi connectivity index (χ1n) is 5.96. The van der Waals surface area contributed by atoms with Crippen molar-refractivity contribution in [2.45, 2.75) is 6.92 Å². The number of nitrogen functional groups attached to an aromatic ring is 1. The van der Waals surface area contributed by atoms with Crippen molar-refractivity contribution >= 4 is 17.5 Å². The highest BCUT2D eigenvalue weighted by Gasteiger charge is 2.17. The molecule has 1 rings (SSSR count). The van der Waals surface area contributed by atoms with Crippen LogP contribution in [0, 0.1) is 0 Å². The van der Waals surface area contributed by atoms with Crippen LogP contribution in [0.5, 0.6) is 5.75 Å². The number of rotatable bonds is 5. The fourth-order valence-corrected chi connectivity index (χ4v) is 1.63. The van der Waals surface area contributed by atoms with Gasteiger partial charge >= 0.3 is 0 Å². The lowest BCUT2D eigenvalue weighted by molar-refractivity contribution is -0.121. The van der Waals surface area contributed by atoms with Gasteiger partial charge in [-0.05, 0) is 25.1 Å². The quantitative estimate of drug-likeness (QED) is 0.759. The van der Waals surface area contributed by atoms with Crippen LogP contribution in [0.3, 0.4) is 0 Å². The first-order chi connectivity index (χ1) is 9.03. The number of carbonyl (C=O) groups excluding carboxylic acids is 2. The van der Waals surface area contributed by atoms with Crippen LogP contribution in [-0.4, -0.2) is 44.0 Å². The first-order valence-corrected chi connectivity index (χ1v) is 5.96. The Labute approximate surface area is 112 Å². The lowest BCUT2D eigenvalue weighted by Crippen LogP contribution is -2.39.